The van der Waals surface area contributed by atoms with Crippen LogP contribution in [0.3, 0.4) is 0 Å². The van der Waals surface area contributed by atoms with Gasteiger partial charge in [0.15, 0.2) is 0 Å². The predicted molar refractivity (Wildman–Crippen MR) is 79.2 cm³/mol. The van der Waals surface area contributed by atoms with Gasteiger partial charge in [0.05, 0.1) is 4.70 Å². The van der Waals surface area contributed by atoms with E-state index < -0.39 is 0 Å². The Balaban J connectivity index is 1.96. The van der Waals surface area contributed by atoms with Crippen molar-refractivity contribution in [3.8, 4) is 0 Å². The minimum Gasteiger partial charge on any atom is -0.200 e. The van der Waals surface area contributed by atoms with Crippen molar-refractivity contribution in [2.75, 3.05) is 0 Å². The third-order valence-electron chi connectivity index (χ3n) is 5.20. The van der Waals surface area contributed by atoms with Crippen molar-refractivity contribution >= 4 is 21.6 Å². The molecule has 1 saturated carbocycles. The smallest absolute Gasteiger partial charge is 0.0552 e. The second kappa shape index (κ2) is 3.80. The van der Waals surface area contributed by atoms with Gasteiger partial charge in [-0.15, -0.1) is 0 Å². The fraction of sp³-hybridized carbons (Fsp3) is 0.562. The molecule has 1 aliphatic carbocycles. The van der Waals surface area contributed by atoms with Crippen LogP contribution >= 0.6 is 11.5 Å². The highest BCUT2D eigenvalue weighted by atomic mass is 32.1. The highest BCUT2D eigenvalue weighted by Crippen LogP contribution is 2.57. The molecule has 1 fully saturated rings. The van der Waals surface area contributed by atoms with Crippen molar-refractivity contribution in [2.24, 2.45) is 10.8 Å². The molecular weight excluding hydrogens is 238 g/mol. The zero-order valence-electron chi connectivity index (χ0n) is 11.7. The van der Waals surface area contributed by atoms with E-state index in [1.54, 1.807) is 11.5 Å². The van der Waals surface area contributed by atoms with E-state index in [1.807, 2.05) is 6.20 Å². The molecule has 0 aliphatic heterocycles. The maximum atomic E-state index is 4.27. The molecule has 2 heteroatoms. The van der Waals surface area contributed by atoms with Crippen LogP contribution in [0.25, 0.3) is 10.1 Å². The monoisotopic (exact) mass is 259 g/mol. The number of rotatable bonds is 1. The van der Waals surface area contributed by atoms with Gasteiger partial charge >= 0.3 is 0 Å². The lowest BCUT2D eigenvalue weighted by Gasteiger charge is -2.34. The van der Waals surface area contributed by atoms with Gasteiger partial charge in [-0.05, 0) is 52.8 Å². The van der Waals surface area contributed by atoms with Gasteiger partial charge in [0.1, 0.15) is 0 Å². The average Bonchev–Trinajstić information content (AvgIpc) is 2.80. The highest BCUT2D eigenvalue weighted by Gasteiger charge is 2.46. The first-order valence-electron chi connectivity index (χ1n) is 6.73. The maximum absolute atomic E-state index is 4.27. The number of aromatic nitrogens is 1. The Hall–Kier alpha value is -0.890. The van der Waals surface area contributed by atoms with E-state index in [1.165, 1.54) is 28.5 Å². The lowest BCUT2D eigenvalue weighted by atomic mass is 9.71. The zero-order chi connectivity index (χ0) is 13.0. The molecule has 0 atom stereocenters. The average molecular weight is 259 g/mol. The summed E-state index contributed by atoms with van der Waals surface area (Å²) >= 11 is 1.61. The third kappa shape index (κ3) is 1.78. The summed E-state index contributed by atoms with van der Waals surface area (Å²) in [7, 11) is 0. The van der Waals surface area contributed by atoms with Crippen molar-refractivity contribution in [3.63, 3.8) is 0 Å². The normalized spacial score (nSPS) is 22.7. The fourth-order valence-electron chi connectivity index (χ4n) is 3.22. The topological polar surface area (TPSA) is 12.9 Å². The number of hydrogen-bond acceptors (Lipinski definition) is 2. The van der Waals surface area contributed by atoms with Crippen LogP contribution in [-0.2, 0) is 0 Å². The fourth-order valence-corrected chi connectivity index (χ4v) is 3.92. The van der Waals surface area contributed by atoms with Crippen molar-refractivity contribution < 1.29 is 0 Å². The summed E-state index contributed by atoms with van der Waals surface area (Å²) < 4.78 is 5.60. The van der Waals surface area contributed by atoms with Gasteiger partial charge < -0.3 is 0 Å². The third-order valence-corrected chi connectivity index (χ3v) is 5.96. The van der Waals surface area contributed by atoms with Gasteiger partial charge in [-0.2, -0.15) is 4.37 Å². The van der Waals surface area contributed by atoms with Gasteiger partial charge in [-0.3, -0.25) is 0 Å². The molecule has 96 valence electrons. The molecule has 0 radical (unpaired) electrons. The molecule has 0 saturated heterocycles. The molecule has 18 heavy (non-hydrogen) atoms. The molecule has 0 unspecified atom stereocenters. The summed E-state index contributed by atoms with van der Waals surface area (Å²) in [6.45, 7) is 9.66. The Labute approximate surface area is 113 Å². The van der Waals surface area contributed by atoms with Crippen LogP contribution in [0.2, 0.25) is 0 Å². The summed E-state index contributed by atoms with van der Waals surface area (Å²) in [5.74, 6) is 0.710. The molecule has 0 bridgehead atoms. The van der Waals surface area contributed by atoms with Crippen LogP contribution in [0.5, 0.6) is 0 Å². The molecule has 1 aromatic heterocycles. The first kappa shape index (κ1) is 12.2. The molecule has 3 rings (SSSR count). The Morgan fingerprint density at radius 2 is 1.78 bits per heavy atom. The van der Waals surface area contributed by atoms with E-state index in [0.29, 0.717) is 16.7 Å². The van der Waals surface area contributed by atoms with E-state index in [-0.39, 0.29) is 0 Å². The van der Waals surface area contributed by atoms with E-state index >= 15 is 0 Å². The van der Waals surface area contributed by atoms with Gasteiger partial charge in [-0.1, -0.05) is 39.8 Å². The SMILES string of the molecule is CC1(C)CC(c2ccc3cnsc3c2)CC1(C)C. The number of benzene rings is 1. The molecule has 1 aliphatic rings. The molecule has 0 N–H and O–H groups in total. The van der Waals surface area contributed by atoms with E-state index in [9.17, 15) is 0 Å². The zero-order valence-corrected chi connectivity index (χ0v) is 12.5. The van der Waals surface area contributed by atoms with Crippen LogP contribution in [0.15, 0.2) is 24.4 Å². The summed E-state index contributed by atoms with van der Waals surface area (Å²) in [6.07, 6.45) is 4.56. The lowest BCUT2D eigenvalue weighted by Crippen LogP contribution is -2.25. The van der Waals surface area contributed by atoms with Crippen molar-refractivity contribution in [1.82, 2.24) is 4.37 Å². The van der Waals surface area contributed by atoms with Crippen LogP contribution < -0.4 is 0 Å². The first-order valence-corrected chi connectivity index (χ1v) is 7.51. The Kier molecular flexibility index (Phi) is 2.57. The first-order chi connectivity index (χ1) is 8.39. The standard InChI is InChI=1S/C16H21NS/c1-15(2)8-13(9-16(15,3)4)11-5-6-12-10-17-18-14(12)7-11/h5-7,10,13H,8-9H2,1-4H3. The van der Waals surface area contributed by atoms with Gasteiger partial charge in [0.2, 0.25) is 0 Å². The largest absolute Gasteiger partial charge is 0.200 e. The second-order valence-electron chi connectivity index (χ2n) is 7.00. The summed E-state index contributed by atoms with van der Waals surface area (Å²) in [6, 6.07) is 6.89. The quantitative estimate of drug-likeness (QED) is 0.683. The predicted octanol–water partition coefficient (Wildman–Crippen LogP) is 5.23. The molecule has 2 aromatic rings. The van der Waals surface area contributed by atoms with E-state index in [4.69, 9.17) is 0 Å². The van der Waals surface area contributed by atoms with Crippen LogP contribution in [0.4, 0.5) is 0 Å². The Morgan fingerprint density at radius 3 is 2.44 bits per heavy atom. The lowest BCUT2D eigenvalue weighted by molar-refractivity contribution is 0.157. The minimum atomic E-state index is 0.431. The molecule has 1 aromatic carbocycles. The van der Waals surface area contributed by atoms with Crippen LogP contribution in [0, 0.1) is 10.8 Å². The summed E-state index contributed by atoms with van der Waals surface area (Å²) in [5.41, 5.74) is 2.37. The number of hydrogen-bond donors (Lipinski definition) is 0. The van der Waals surface area contributed by atoms with Gasteiger partial charge in [-0.25, -0.2) is 0 Å². The number of fused-ring (bicyclic) bond motifs is 1. The highest BCUT2D eigenvalue weighted by molar-refractivity contribution is 7.13. The molecule has 1 nitrogen and oxygen atoms in total. The van der Waals surface area contributed by atoms with E-state index in [2.05, 4.69) is 50.3 Å². The molecular formula is C16H21NS. The van der Waals surface area contributed by atoms with Crippen molar-refractivity contribution in [1.29, 1.82) is 0 Å². The second-order valence-corrected chi connectivity index (χ2v) is 7.83. The van der Waals surface area contributed by atoms with Gasteiger partial charge in [0, 0.05) is 11.6 Å². The Bertz CT molecular complexity index is 564. The summed E-state index contributed by atoms with van der Waals surface area (Å²) in [5, 5.41) is 1.28. The minimum absolute atomic E-state index is 0.431. The maximum Gasteiger partial charge on any atom is 0.0552 e. The van der Waals surface area contributed by atoms with Crippen molar-refractivity contribution in [3.05, 3.63) is 30.0 Å². The van der Waals surface area contributed by atoms with E-state index in [0.717, 1.165) is 0 Å². The number of nitrogens with zero attached hydrogens (tertiary/aromatic N) is 1. The summed E-state index contributed by atoms with van der Waals surface area (Å²) in [4.78, 5) is 0. The van der Waals surface area contributed by atoms with Crippen molar-refractivity contribution in [2.45, 2.75) is 46.5 Å². The molecule has 1 heterocycles. The molecule has 0 amide bonds. The van der Waals surface area contributed by atoms with Crippen LogP contribution in [0.1, 0.15) is 52.0 Å². The molecule has 0 spiro atoms. The van der Waals surface area contributed by atoms with Crippen LogP contribution in [-0.4, -0.2) is 4.37 Å². The van der Waals surface area contributed by atoms with Gasteiger partial charge in [0.25, 0.3) is 0 Å². The Morgan fingerprint density at radius 1 is 1.11 bits per heavy atom.